The summed E-state index contributed by atoms with van der Waals surface area (Å²) in [6.45, 7) is 2.31. The van der Waals surface area contributed by atoms with Crippen molar-refractivity contribution in [3.05, 3.63) is 83.7 Å². The Hall–Kier alpha value is -3.61. The number of fused-ring (bicyclic) bond motifs is 1. The molecule has 2 aromatic carbocycles. The molecule has 0 bridgehead atoms. The van der Waals surface area contributed by atoms with Gasteiger partial charge in [-0.15, -0.1) is 0 Å². The van der Waals surface area contributed by atoms with E-state index >= 15 is 0 Å². The Balaban J connectivity index is 1.56. The second-order valence-corrected chi connectivity index (χ2v) is 6.35. The predicted molar refractivity (Wildman–Crippen MR) is 105 cm³/mol. The predicted octanol–water partition coefficient (Wildman–Crippen LogP) is 4.97. The topological polar surface area (TPSA) is 62.7 Å². The van der Waals surface area contributed by atoms with Crippen molar-refractivity contribution in [3.63, 3.8) is 0 Å². The third-order valence-electron chi connectivity index (χ3n) is 4.31. The van der Waals surface area contributed by atoms with Gasteiger partial charge >= 0.3 is 0 Å². The van der Waals surface area contributed by atoms with Crippen molar-refractivity contribution in [2.24, 2.45) is 0 Å². The second kappa shape index (κ2) is 7.56. The maximum absolute atomic E-state index is 13.3. The molecule has 0 aliphatic heterocycles. The zero-order valence-electron chi connectivity index (χ0n) is 15.1. The zero-order chi connectivity index (χ0) is 19.5. The molecule has 4 rings (SSSR count). The van der Waals surface area contributed by atoms with Crippen LogP contribution in [0.15, 0.2) is 60.9 Å². The van der Waals surface area contributed by atoms with Gasteiger partial charge in [0.05, 0.1) is 10.9 Å². The monoisotopic (exact) mass is 377 g/mol. The highest BCUT2D eigenvalue weighted by Gasteiger charge is 2.08. The molecule has 7 heteroatoms. The lowest BCUT2D eigenvalue weighted by atomic mass is 10.2. The quantitative estimate of drug-likeness (QED) is 0.514. The summed E-state index contributed by atoms with van der Waals surface area (Å²) in [6.07, 6.45) is 3.34. The second-order valence-electron chi connectivity index (χ2n) is 6.35. The highest BCUT2D eigenvalue weighted by atomic mass is 19.1. The number of aromatic nitrogens is 3. The van der Waals surface area contributed by atoms with E-state index in [-0.39, 0.29) is 11.6 Å². The molecular formula is C21H17F2N5. The van der Waals surface area contributed by atoms with Crippen LogP contribution in [0.2, 0.25) is 0 Å². The number of halogens is 2. The van der Waals surface area contributed by atoms with Crippen LogP contribution in [0.3, 0.4) is 0 Å². The molecule has 2 heterocycles. The van der Waals surface area contributed by atoms with Gasteiger partial charge in [0, 0.05) is 24.6 Å². The van der Waals surface area contributed by atoms with E-state index in [4.69, 9.17) is 0 Å². The first-order chi connectivity index (χ1) is 13.6. The van der Waals surface area contributed by atoms with E-state index in [0.717, 1.165) is 22.2 Å². The van der Waals surface area contributed by atoms with Crippen LogP contribution in [-0.2, 0) is 6.54 Å². The van der Waals surface area contributed by atoms with E-state index in [2.05, 4.69) is 25.6 Å². The van der Waals surface area contributed by atoms with Gasteiger partial charge in [0.2, 0.25) is 5.95 Å². The molecule has 0 saturated carbocycles. The van der Waals surface area contributed by atoms with Crippen LogP contribution in [0.4, 0.5) is 26.2 Å². The molecule has 2 aromatic heterocycles. The molecule has 0 unspecified atom stereocenters. The average molecular weight is 377 g/mol. The van der Waals surface area contributed by atoms with Gasteiger partial charge in [0.1, 0.15) is 17.5 Å². The minimum absolute atomic E-state index is 0.269. The zero-order valence-corrected chi connectivity index (χ0v) is 15.1. The first kappa shape index (κ1) is 17.8. The summed E-state index contributed by atoms with van der Waals surface area (Å²) < 4.78 is 26.3. The molecular weight excluding hydrogens is 360 g/mol. The van der Waals surface area contributed by atoms with Gasteiger partial charge in [0.15, 0.2) is 0 Å². The van der Waals surface area contributed by atoms with Crippen molar-refractivity contribution in [2.75, 3.05) is 10.6 Å². The van der Waals surface area contributed by atoms with Crippen LogP contribution in [0.5, 0.6) is 0 Å². The van der Waals surface area contributed by atoms with Gasteiger partial charge in [-0.1, -0.05) is 12.1 Å². The van der Waals surface area contributed by atoms with Crippen LogP contribution in [0, 0.1) is 18.6 Å². The number of hydrogen-bond donors (Lipinski definition) is 2. The number of benzene rings is 2. The minimum atomic E-state index is -0.283. The Morgan fingerprint density at radius 3 is 2.50 bits per heavy atom. The highest BCUT2D eigenvalue weighted by Crippen LogP contribution is 2.25. The number of nitrogens with one attached hydrogen (secondary N) is 2. The Labute approximate surface area is 160 Å². The fourth-order valence-corrected chi connectivity index (χ4v) is 2.82. The molecule has 0 aliphatic rings. The molecule has 0 fully saturated rings. The Bertz CT molecular complexity index is 1130. The lowest BCUT2D eigenvalue weighted by Gasteiger charge is -2.11. The molecule has 0 aliphatic carbocycles. The molecule has 5 nitrogen and oxygen atoms in total. The van der Waals surface area contributed by atoms with E-state index in [1.807, 2.05) is 6.92 Å². The smallest absolute Gasteiger partial charge is 0.223 e. The molecule has 0 atom stereocenters. The number of rotatable bonds is 5. The molecule has 0 saturated heterocycles. The van der Waals surface area contributed by atoms with Crippen molar-refractivity contribution in [3.8, 4) is 0 Å². The Kier molecular flexibility index (Phi) is 4.80. The van der Waals surface area contributed by atoms with Gasteiger partial charge in [0.25, 0.3) is 0 Å². The lowest BCUT2D eigenvalue weighted by Crippen LogP contribution is -2.04. The van der Waals surface area contributed by atoms with Gasteiger partial charge in [-0.25, -0.2) is 23.7 Å². The number of aryl methyl sites for hydroxylation is 1. The molecule has 28 heavy (non-hydrogen) atoms. The van der Waals surface area contributed by atoms with Crippen LogP contribution in [-0.4, -0.2) is 15.0 Å². The van der Waals surface area contributed by atoms with Crippen molar-refractivity contribution >= 4 is 28.4 Å². The Morgan fingerprint density at radius 2 is 1.71 bits per heavy atom. The fraction of sp³-hybridized carbons (Fsp3) is 0.0952. The fourth-order valence-electron chi connectivity index (χ4n) is 2.82. The van der Waals surface area contributed by atoms with Crippen molar-refractivity contribution in [1.29, 1.82) is 0 Å². The van der Waals surface area contributed by atoms with Crippen molar-refractivity contribution < 1.29 is 8.78 Å². The Morgan fingerprint density at radius 1 is 0.929 bits per heavy atom. The summed E-state index contributed by atoms with van der Waals surface area (Å²) >= 11 is 0. The summed E-state index contributed by atoms with van der Waals surface area (Å²) in [5, 5.41) is 7.09. The van der Waals surface area contributed by atoms with Crippen LogP contribution >= 0.6 is 0 Å². The van der Waals surface area contributed by atoms with E-state index in [1.165, 1.54) is 24.3 Å². The average Bonchev–Trinajstić information content (AvgIpc) is 2.69. The van der Waals surface area contributed by atoms with Crippen molar-refractivity contribution in [2.45, 2.75) is 13.5 Å². The summed E-state index contributed by atoms with van der Waals surface area (Å²) in [6, 6.07) is 12.6. The first-order valence-electron chi connectivity index (χ1n) is 8.72. The first-order valence-corrected chi connectivity index (χ1v) is 8.72. The molecule has 0 amide bonds. The van der Waals surface area contributed by atoms with E-state index in [9.17, 15) is 8.78 Å². The van der Waals surface area contributed by atoms with E-state index in [0.29, 0.717) is 23.8 Å². The third-order valence-corrected chi connectivity index (χ3v) is 4.31. The number of anilines is 3. The number of pyridine rings is 1. The third kappa shape index (κ3) is 3.88. The maximum Gasteiger partial charge on any atom is 0.223 e. The van der Waals surface area contributed by atoms with Gasteiger partial charge in [-0.05, 0) is 54.4 Å². The summed E-state index contributed by atoms with van der Waals surface area (Å²) in [7, 11) is 0. The SMILES string of the molecule is Cc1cc(F)ccc1Nc1nccc2nc(NCc3ccc(F)cc3)ncc12. The maximum atomic E-state index is 13.3. The van der Waals surface area contributed by atoms with E-state index in [1.54, 1.807) is 36.7 Å². The number of nitrogens with zero attached hydrogens (tertiary/aromatic N) is 3. The highest BCUT2D eigenvalue weighted by molar-refractivity contribution is 5.90. The molecule has 0 spiro atoms. The van der Waals surface area contributed by atoms with Crippen molar-refractivity contribution in [1.82, 2.24) is 15.0 Å². The van der Waals surface area contributed by atoms with Gasteiger partial charge in [-0.3, -0.25) is 0 Å². The van der Waals surface area contributed by atoms with Gasteiger partial charge in [-0.2, -0.15) is 0 Å². The van der Waals surface area contributed by atoms with Gasteiger partial charge < -0.3 is 10.6 Å². The lowest BCUT2D eigenvalue weighted by molar-refractivity contribution is 0.626. The largest absolute Gasteiger partial charge is 0.350 e. The standard InChI is InChI=1S/C21H17F2N5/c1-13-10-16(23)6-7-18(13)27-20-17-12-26-21(28-19(17)8-9-24-20)25-11-14-2-4-15(22)5-3-14/h2-10,12H,11H2,1H3,(H,24,27)(H,25,26,28). The molecule has 140 valence electrons. The summed E-state index contributed by atoms with van der Waals surface area (Å²) in [5.41, 5.74) is 3.18. The molecule has 4 aromatic rings. The minimum Gasteiger partial charge on any atom is -0.350 e. The van der Waals surface area contributed by atoms with E-state index < -0.39 is 0 Å². The van der Waals surface area contributed by atoms with Crippen LogP contribution < -0.4 is 10.6 Å². The summed E-state index contributed by atoms with van der Waals surface area (Å²) in [5.74, 6) is 0.507. The normalized spacial score (nSPS) is 10.8. The number of hydrogen-bond acceptors (Lipinski definition) is 5. The molecule has 0 radical (unpaired) electrons. The molecule has 2 N–H and O–H groups in total. The summed E-state index contributed by atoms with van der Waals surface area (Å²) in [4.78, 5) is 13.2. The van der Waals surface area contributed by atoms with Crippen LogP contribution in [0.1, 0.15) is 11.1 Å². The van der Waals surface area contributed by atoms with Crippen LogP contribution in [0.25, 0.3) is 10.9 Å².